The smallest absolute Gasteiger partial charge is 0.407 e. The molecule has 1 aliphatic heterocycles. The fourth-order valence-corrected chi connectivity index (χ4v) is 1.02. The van der Waals surface area contributed by atoms with Crippen molar-refractivity contribution in [1.82, 2.24) is 9.80 Å². The molecule has 74 valence electrons. The van der Waals surface area contributed by atoms with Crippen LogP contribution in [-0.2, 0) is 4.79 Å². The van der Waals surface area contributed by atoms with Gasteiger partial charge in [-0.15, -0.1) is 13.2 Å². The van der Waals surface area contributed by atoms with Crippen molar-refractivity contribution in [2.75, 3.05) is 26.2 Å². The maximum Gasteiger partial charge on any atom is 0.407 e. The predicted molar refractivity (Wildman–Crippen MR) is 48.5 cm³/mol. The lowest BCUT2D eigenvalue weighted by atomic mass is 10.3. The number of carboxylic acid groups (broad SMARTS) is 1. The highest BCUT2D eigenvalue weighted by molar-refractivity contribution is 5.65. The number of hydrogen-bond acceptors (Lipinski definition) is 2. The minimum Gasteiger partial charge on any atom is -0.465 e. The van der Waals surface area contributed by atoms with Gasteiger partial charge < -0.3 is 14.9 Å². The lowest BCUT2D eigenvalue weighted by molar-refractivity contribution is -0.119. The van der Waals surface area contributed by atoms with Gasteiger partial charge in [-0.2, -0.15) is 0 Å². The van der Waals surface area contributed by atoms with Crippen molar-refractivity contribution in [2.45, 2.75) is 0 Å². The van der Waals surface area contributed by atoms with Crippen LogP contribution in [0.15, 0.2) is 13.2 Å². The first kappa shape index (κ1) is 11.5. The van der Waals surface area contributed by atoms with Crippen LogP contribution in [0.25, 0.3) is 0 Å². The zero-order valence-electron chi connectivity index (χ0n) is 7.48. The second kappa shape index (κ2) is 6.05. The van der Waals surface area contributed by atoms with Gasteiger partial charge in [-0.1, -0.05) is 0 Å². The zero-order valence-corrected chi connectivity index (χ0v) is 7.48. The Morgan fingerprint density at radius 1 is 1.23 bits per heavy atom. The van der Waals surface area contributed by atoms with Crippen LogP contribution in [0.2, 0.25) is 0 Å². The Morgan fingerprint density at radius 3 is 2.00 bits per heavy atom. The molecular weight excluding hydrogens is 172 g/mol. The van der Waals surface area contributed by atoms with E-state index in [0.717, 1.165) is 6.41 Å². The molecule has 0 atom stereocenters. The fourth-order valence-electron chi connectivity index (χ4n) is 1.02. The molecule has 0 aromatic heterocycles. The van der Waals surface area contributed by atoms with Crippen molar-refractivity contribution < 1.29 is 14.7 Å². The highest BCUT2D eigenvalue weighted by Gasteiger charge is 2.18. The summed E-state index contributed by atoms with van der Waals surface area (Å²) in [7, 11) is 0. The number of carbonyl (C=O) groups excluding carboxylic acids is 1. The molecule has 0 spiro atoms. The van der Waals surface area contributed by atoms with E-state index in [4.69, 9.17) is 5.11 Å². The van der Waals surface area contributed by atoms with Crippen molar-refractivity contribution in [1.29, 1.82) is 0 Å². The molecule has 0 aromatic rings. The van der Waals surface area contributed by atoms with Crippen molar-refractivity contribution in [2.24, 2.45) is 0 Å². The van der Waals surface area contributed by atoms with Crippen molar-refractivity contribution >= 4 is 12.5 Å². The van der Waals surface area contributed by atoms with Gasteiger partial charge in [0.1, 0.15) is 0 Å². The van der Waals surface area contributed by atoms with Crippen molar-refractivity contribution in [3.05, 3.63) is 13.2 Å². The Kier molecular flexibility index (Phi) is 5.34. The summed E-state index contributed by atoms with van der Waals surface area (Å²) >= 11 is 0. The highest BCUT2D eigenvalue weighted by atomic mass is 16.4. The summed E-state index contributed by atoms with van der Waals surface area (Å²) in [6.07, 6.45) is -0.158. The van der Waals surface area contributed by atoms with E-state index in [2.05, 4.69) is 13.2 Å². The van der Waals surface area contributed by atoms with Crippen LogP contribution in [0, 0.1) is 0 Å². The van der Waals surface area contributed by atoms with Crippen molar-refractivity contribution in [3.8, 4) is 0 Å². The summed E-state index contributed by atoms with van der Waals surface area (Å²) in [6, 6.07) is 0. The zero-order chi connectivity index (χ0) is 10.3. The average molecular weight is 186 g/mol. The van der Waals surface area contributed by atoms with Crippen LogP contribution >= 0.6 is 0 Å². The van der Waals surface area contributed by atoms with Gasteiger partial charge in [0.25, 0.3) is 0 Å². The lowest BCUT2D eigenvalue weighted by Crippen LogP contribution is -2.47. The maximum absolute atomic E-state index is 10.4. The SMILES string of the molecule is C=C.O=CN1CCN(C(=O)O)CC1. The number of nitrogens with zero attached hydrogens (tertiary/aromatic N) is 2. The maximum atomic E-state index is 10.4. The van der Waals surface area contributed by atoms with Gasteiger partial charge in [0.2, 0.25) is 6.41 Å². The molecule has 0 aromatic carbocycles. The minimum absolute atomic E-state index is 0.425. The second-order valence-electron chi connectivity index (χ2n) is 2.41. The molecule has 1 fully saturated rings. The van der Waals surface area contributed by atoms with Gasteiger partial charge in [-0.3, -0.25) is 4.79 Å². The number of carbonyl (C=O) groups is 2. The normalized spacial score (nSPS) is 15.7. The standard InChI is InChI=1S/C6H10N2O3.C2H4/c9-5-7-1-3-8(4-2-7)6(10)11;1-2/h5H,1-4H2,(H,10,11);1-2H2. The number of rotatable bonds is 1. The summed E-state index contributed by atoms with van der Waals surface area (Å²) in [5.41, 5.74) is 0. The summed E-state index contributed by atoms with van der Waals surface area (Å²) in [4.78, 5) is 23.4. The van der Waals surface area contributed by atoms with Gasteiger partial charge >= 0.3 is 6.09 Å². The molecule has 0 bridgehead atoms. The van der Waals surface area contributed by atoms with Crippen LogP contribution in [0.3, 0.4) is 0 Å². The summed E-state index contributed by atoms with van der Waals surface area (Å²) in [5.74, 6) is 0. The molecule has 5 nitrogen and oxygen atoms in total. The van der Waals surface area contributed by atoms with Gasteiger partial charge in [0, 0.05) is 26.2 Å². The monoisotopic (exact) mass is 186 g/mol. The highest BCUT2D eigenvalue weighted by Crippen LogP contribution is 1.98. The third kappa shape index (κ3) is 3.59. The predicted octanol–water partition coefficient (Wildman–Crippen LogP) is 0.241. The van der Waals surface area contributed by atoms with E-state index < -0.39 is 6.09 Å². The van der Waals surface area contributed by atoms with Crippen LogP contribution in [0.4, 0.5) is 4.79 Å². The van der Waals surface area contributed by atoms with E-state index >= 15 is 0 Å². The Bertz CT molecular complexity index is 176. The molecule has 13 heavy (non-hydrogen) atoms. The van der Waals surface area contributed by atoms with E-state index in [1.54, 1.807) is 4.90 Å². The molecule has 1 aliphatic rings. The first-order valence-electron chi connectivity index (χ1n) is 3.91. The van der Waals surface area contributed by atoms with Gasteiger partial charge in [0.05, 0.1) is 0 Å². The third-order valence-electron chi connectivity index (χ3n) is 1.73. The summed E-state index contributed by atoms with van der Waals surface area (Å²) in [6.45, 7) is 7.87. The number of hydrogen-bond donors (Lipinski definition) is 1. The van der Waals surface area contributed by atoms with E-state index in [1.165, 1.54) is 4.90 Å². The van der Waals surface area contributed by atoms with Crippen LogP contribution < -0.4 is 0 Å². The minimum atomic E-state index is -0.907. The molecule has 1 rings (SSSR count). The second-order valence-corrected chi connectivity index (χ2v) is 2.41. The first-order chi connectivity index (χ1) is 6.24. The van der Waals surface area contributed by atoms with E-state index in [-0.39, 0.29) is 0 Å². The van der Waals surface area contributed by atoms with E-state index in [9.17, 15) is 9.59 Å². The van der Waals surface area contributed by atoms with Gasteiger partial charge in [-0.25, -0.2) is 4.79 Å². The van der Waals surface area contributed by atoms with Gasteiger partial charge in [-0.05, 0) is 0 Å². The Morgan fingerprint density at radius 2 is 1.69 bits per heavy atom. The Hall–Kier alpha value is -1.52. The number of amides is 2. The molecule has 0 aliphatic carbocycles. The van der Waals surface area contributed by atoms with Crippen LogP contribution in [-0.4, -0.2) is 53.6 Å². The first-order valence-corrected chi connectivity index (χ1v) is 3.91. The molecule has 0 radical (unpaired) electrons. The quantitative estimate of drug-likeness (QED) is 0.471. The molecular formula is C8H14N2O3. The Balaban J connectivity index is 0.000000671. The molecule has 1 heterocycles. The molecule has 5 heteroatoms. The number of piperazine rings is 1. The average Bonchev–Trinajstić information content (AvgIpc) is 2.21. The van der Waals surface area contributed by atoms with E-state index in [0.29, 0.717) is 26.2 Å². The van der Waals surface area contributed by atoms with Gasteiger partial charge in [0.15, 0.2) is 0 Å². The third-order valence-corrected chi connectivity index (χ3v) is 1.73. The molecule has 0 saturated carbocycles. The van der Waals surface area contributed by atoms with Crippen molar-refractivity contribution in [3.63, 3.8) is 0 Å². The fraction of sp³-hybridized carbons (Fsp3) is 0.500. The van der Waals surface area contributed by atoms with Crippen LogP contribution in [0.1, 0.15) is 0 Å². The van der Waals surface area contributed by atoms with E-state index in [1.807, 2.05) is 0 Å². The molecule has 1 N–H and O–H groups in total. The van der Waals surface area contributed by atoms with Crippen LogP contribution in [0.5, 0.6) is 0 Å². The largest absolute Gasteiger partial charge is 0.465 e. The summed E-state index contributed by atoms with van der Waals surface area (Å²) in [5, 5.41) is 8.52. The lowest BCUT2D eigenvalue weighted by Gasteiger charge is -2.30. The Labute approximate surface area is 77.2 Å². The summed E-state index contributed by atoms with van der Waals surface area (Å²) < 4.78 is 0. The topological polar surface area (TPSA) is 60.9 Å². The molecule has 0 unspecified atom stereocenters. The molecule has 1 saturated heterocycles. The molecule has 2 amide bonds.